The predicted molar refractivity (Wildman–Crippen MR) is 107 cm³/mol. The number of carbonyl (C=O) groups is 1. The summed E-state index contributed by atoms with van der Waals surface area (Å²) in [5.41, 5.74) is 0.729. The smallest absolute Gasteiger partial charge is 0.238 e. The maximum Gasteiger partial charge on any atom is 0.238 e. The van der Waals surface area contributed by atoms with E-state index in [4.69, 9.17) is 5.26 Å². The van der Waals surface area contributed by atoms with Crippen LogP contribution in [-0.2, 0) is 4.79 Å². The van der Waals surface area contributed by atoms with Gasteiger partial charge in [0.05, 0.1) is 16.7 Å². The molecule has 0 saturated heterocycles. The number of amides is 1. The number of para-hydroxylation sites is 1. The average molecular weight is 396 g/mol. The topological polar surface area (TPSA) is 74.8 Å². The maximum atomic E-state index is 12.7. The molecule has 0 spiro atoms. The number of benzene rings is 1. The van der Waals surface area contributed by atoms with E-state index in [0.29, 0.717) is 6.04 Å². The van der Waals surface area contributed by atoms with Crippen molar-refractivity contribution >= 4 is 34.7 Å². The van der Waals surface area contributed by atoms with Gasteiger partial charge in [-0.15, -0.1) is 21.5 Å². The number of rotatable bonds is 7. The minimum absolute atomic E-state index is 0.0270. The number of nitriles is 1. The van der Waals surface area contributed by atoms with Gasteiger partial charge in [-0.2, -0.15) is 5.26 Å². The molecule has 0 aliphatic heterocycles. The van der Waals surface area contributed by atoms with Gasteiger partial charge in [-0.3, -0.25) is 14.3 Å². The number of anilines is 1. The van der Waals surface area contributed by atoms with Crippen molar-refractivity contribution < 1.29 is 4.79 Å². The highest BCUT2D eigenvalue weighted by Crippen LogP contribution is 2.41. The molecule has 1 aromatic carbocycles. The van der Waals surface area contributed by atoms with Gasteiger partial charge in [0.15, 0.2) is 11.0 Å². The zero-order valence-corrected chi connectivity index (χ0v) is 16.1. The Morgan fingerprint density at radius 2 is 2.07 bits per heavy atom. The highest BCUT2D eigenvalue weighted by Gasteiger charge is 2.31. The molecule has 1 amide bonds. The van der Waals surface area contributed by atoms with Crippen molar-refractivity contribution in [2.75, 3.05) is 17.2 Å². The largest absolute Gasteiger partial charge is 0.298 e. The molecule has 136 valence electrons. The number of aromatic nitrogens is 3. The molecule has 1 aliphatic carbocycles. The van der Waals surface area contributed by atoms with E-state index in [1.54, 1.807) is 11.3 Å². The number of hydrogen-bond acceptors (Lipinski definition) is 6. The summed E-state index contributed by atoms with van der Waals surface area (Å²) in [6, 6.07) is 15.8. The molecule has 0 unspecified atom stereocenters. The van der Waals surface area contributed by atoms with Gasteiger partial charge in [0, 0.05) is 11.7 Å². The zero-order chi connectivity index (χ0) is 18.6. The third-order valence-electron chi connectivity index (χ3n) is 4.24. The van der Waals surface area contributed by atoms with Crippen LogP contribution in [0.1, 0.15) is 18.9 Å². The third kappa shape index (κ3) is 3.89. The highest BCUT2D eigenvalue weighted by molar-refractivity contribution is 7.99. The fourth-order valence-electron chi connectivity index (χ4n) is 2.82. The SMILES string of the molecule is N#CCN(C(=O)CSc1nnc(-c2cccs2)n1C1CC1)c1ccccc1. The molecule has 2 heterocycles. The quantitative estimate of drug-likeness (QED) is 0.447. The van der Waals surface area contributed by atoms with Crippen LogP contribution in [0, 0.1) is 11.3 Å². The number of nitrogens with zero attached hydrogens (tertiary/aromatic N) is 5. The van der Waals surface area contributed by atoms with Crippen LogP contribution >= 0.6 is 23.1 Å². The maximum absolute atomic E-state index is 12.7. The summed E-state index contributed by atoms with van der Waals surface area (Å²) < 4.78 is 2.15. The van der Waals surface area contributed by atoms with E-state index < -0.39 is 0 Å². The van der Waals surface area contributed by atoms with Gasteiger partial charge >= 0.3 is 0 Å². The van der Waals surface area contributed by atoms with E-state index in [-0.39, 0.29) is 18.2 Å². The Labute approximate surface area is 165 Å². The molecule has 27 heavy (non-hydrogen) atoms. The van der Waals surface area contributed by atoms with E-state index >= 15 is 0 Å². The first-order valence-corrected chi connectivity index (χ1v) is 10.5. The molecule has 0 N–H and O–H groups in total. The summed E-state index contributed by atoms with van der Waals surface area (Å²) in [4.78, 5) is 15.3. The lowest BCUT2D eigenvalue weighted by Gasteiger charge is -2.19. The van der Waals surface area contributed by atoms with Crippen LogP contribution in [0.2, 0.25) is 0 Å². The molecule has 3 aromatic rings. The van der Waals surface area contributed by atoms with Crippen LogP contribution in [0.15, 0.2) is 53.0 Å². The van der Waals surface area contributed by atoms with Crippen LogP contribution in [0.25, 0.3) is 10.7 Å². The van der Waals surface area contributed by atoms with Crippen LogP contribution < -0.4 is 4.90 Å². The van der Waals surface area contributed by atoms with E-state index in [1.807, 2.05) is 47.8 Å². The normalized spacial score (nSPS) is 13.3. The Morgan fingerprint density at radius 3 is 2.74 bits per heavy atom. The standard InChI is InChI=1S/C19H17N5OS2/c20-10-11-23(14-5-2-1-3-6-14)17(25)13-27-19-22-21-18(16-7-4-12-26-16)24(19)15-8-9-15/h1-7,12,15H,8-9,11,13H2. The molecule has 1 saturated carbocycles. The van der Waals surface area contributed by atoms with Crippen molar-refractivity contribution in [2.45, 2.75) is 24.0 Å². The molecule has 8 heteroatoms. The van der Waals surface area contributed by atoms with Gasteiger partial charge in [-0.1, -0.05) is 36.0 Å². The van der Waals surface area contributed by atoms with Crippen molar-refractivity contribution in [2.24, 2.45) is 0 Å². The number of carbonyl (C=O) groups excluding carboxylic acids is 1. The van der Waals surface area contributed by atoms with Crippen molar-refractivity contribution in [1.82, 2.24) is 14.8 Å². The minimum atomic E-state index is -0.115. The molecule has 6 nitrogen and oxygen atoms in total. The molecular formula is C19H17N5OS2. The van der Waals surface area contributed by atoms with Crippen molar-refractivity contribution in [3.8, 4) is 16.8 Å². The van der Waals surface area contributed by atoms with Gasteiger partial charge in [0.1, 0.15) is 6.54 Å². The molecule has 0 radical (unpaired) electrons. The fourth-order valence-corrected chi connectivity index (χ4v) is 4.40. The van der Waals surface area contributed by atoms with E-state index in [2.05, 4.69) is 20.8 Å². The molecule has 2 aromatic heterocycles. The third-order valence-corrected chi connectivity index (χ3v) is 6.03. The summed E-state index contributed by atoms with van der Waals surface area (Å²) in [7, 11) is 0. The summed E-state index contributed by atoms with van der Waals surface area (Å²) in [5, 5.41) is 20.6. The second kappa shape index (κ2) is 7.94. The Kier molecular flexibility index (Phi) is 5.23. The lowest BCUT2D eigenvalue weighted by atomic mass is 10.3. The van der Waals surface area contributed by atoms with Gasteiger partial charge in [-0.25, -0.2) is 0 Å². The van der Waals surface area contributed by atoms with Crippen LogP contribution in [0.3, 0.4) is 0 Å². The molecular weight excluding hydrogens is 378 g/mol. The van der Waals surface area contributed by atoms with Crippen molar-refractivity contribution in [3.63, 3.8) is 0 Å². The lowest BCUT2D eigenvalue weighted by molar-refractivity contribution is -0.116. The van der Waals surface area contributed by atoms with Gasteiger partial charge in [-0.05, 0) is 36.4 Å². The molecule has 4 rings (SSSR count). The van der Waals surface area contributed by atoms with Crippen LogP contribution in [-0.4, -0.2) is 33.0 Å². The van der Waals surface area contributed by atoms with Crippen molar-refractivity contribution in [3.05, 3.63) is 47.8 Å². The molecule has 0 bridgehead atoms. The highest BCUT2D eigenvalue weighted by atomic mass is 32.2. The first kappa shape index (κ1) is 17.8. The Balaban J connectivity index is 1.51. The Morgan fingerprint density at radius 1 is 1.26 bits per heavy atom. The Hall–Kier alpha value is -2.63. The molecule has 1 aliphatic rings. The summed E-state index contributed by atoms with van der Waals surface area (Å²) in [6.45, 7) is 0.0270. The monoisotopic (exact) mass is 395 g/mol. The minimum Gasteiger partial charge on any atom is -0.298 e. The molecule has 1 fully saturated rings. The summed E-state index contributed by atoms with van der Waals surface area (Å²) >= 11 is 3.02. The van der Waals surface area contributed by atoms with E-state index in [9.17, 15) is 4.79 Å². The fraction of sp³-hybridized carbons (Fsp3) is 0.263. The van der Waals surface area contributed by atoms with Gasteiger partial charge < -0.3 is 0 Å². The van der Waals surface area contributed by atoms with Crippen LogP contribution in [0.5, 0.6) is 0 Å². The van der Waals surface area contributed by atoms with Gasteiger partial charge in [0.25, 0.3) is 0 Å². The van der Waals surface area contributed by atoms with E-state index in [1.165, 1.54) is 16.7 Å². The van der Waals surface area contributed by atoms with Gasteiger partial charge in [0.2, 0.25) is 5.91 Å². The molecule has 0 atom stereocenters. The number of thioether (sulfide) groups is 1. The Bertz CT molecular complexity index is 958. The number of hydrogen-bond donors (Lipinski definition) is 0. The zero-order valence-electron chi connectivity index (χ0n) is 14.5. The second-order valence-corrected chi connectivity index (χ2v) is 8.04. The van der Waals surface area contributed by atoms with Crippen LogP contribution in [0.4, 0.5) is 5.69 Å². The first-order valence-electron chi connectivity index (χ1n) is 8.62. The second-order valence-electron chi connectivity index (χ2n) is 6.15. The lowest BCUT2D eigenvalue weighted by Crippen LogP contribution is -2.32. The predicted octanol–water partition coefficient (Wildman–Crippen LogP) is 3.99. The van der Waals surface area contributed by atoms with E-state index in [0.717, 1.165) is 34.4 Å². The average Bonchev–Trinajstić information content (AvgIpc) is 3.22. The summed E-state index contributed by atoms with van der Waals surface area (Å²) in [6.07, 6.45) is 2.23. The van der Waals surface area contributed by atoms with Crippen molar-refractivity contribution in [1.29, 1.82) is 5.26 Å². The first-order chi connectivity index (χ1) is 13.3. The number of thiophene rings is 1. The summed E-state index contributed by atoms with van der Waals surface area (Å²) in [5.74, 6) is 0.974.